The van der Waals surface area contributed by atoms with Crippen LogP contribution in [0.3, 0.4) is 0 Å². The summed E-state index contributed by atoms with van der Waals surface area (Å²) in [6, 6.07) is 9.28. The second kappa shape index (κ2) is 8.42. The van der Waals surface area contributed by atoms with Crippen molar-refractivity contribution in [2.75, 3.05) is 20.0 Å². The van der Waals surface area contributed by atoms with Gasteiger partial charge >= 0.3 is 0 Å². The lowest BCUT2D eigenvalue weighted by Crippen LogP contribution is -2.23. The number of benzene rings is 2. The van der Waals surface area contributed by atoms with E-state index in [-0.39, 0.29) is 22.9 Å². The first-order valence-electron chi connectivity index (χ1n) is 7.83. The van der Waals surface area contributed by atoms with Crippen molar-refractivity contribution in [2.24, 2.45) is 0 Å². The predicted octanol–water partition coefficient (Wildman–Crippen LogP) is 3.08. The third kappa shape index (κ3) is 4.89. The highest BCUT2D eigenvalue weighted by atomic mass is 35.5. The lowest BCUT2D eigenvalue weighted by atomic mass is 10.1. The van der Waals surface area contributed by atoms with Gasteiger partial charge in [-0.1, -0.05) is 17.7 Å². The van der Waals surface area contributed by atoms with Crippen LogP contribution >= 0.6 is 11.6 Å². The van der Waals surface area contributed by atoms with E-state index in [2.05, 4.69) is 5.32 Å². The lowest BCUT2D eigenvalue weighted by molar-refractivity contribution is 0.0950. The van der Waals surface area contributed by atoms with Crippen molar-refractivity contribution in [3.8, 4) is 11.5 Å². The van der Waals surface area contributed by atoms with Crippen LogP contribution in [0.4, 0.5) is 0 Å². The number of amides is 1. The minimum atomic E-state index is -3.38. The summed E-state index contributed by atoms with van der Waals surface area (Å²) in [5, 5.41) is 3.12. The van der Waals surface area contributed by atoms with Crippen LogP contribution in [-0.2, 0) is 16.4 Å². The molecule has 140 valence electrons. The molecule has 0 aliphatic carbocycles. The first-order valence-corrected chi connectivity index (χ1v) is 10.1. The van der Waals surface area contributed by atoms with Crippen molar-refractivity contribution < 1.29 is 22.7 Å². The van der Waals surface area contributed by atoms with Gasteiger partial charge in [-0.25, -0.2) is 8.42 Å². The summed E-state index contributed by atoms with van der Waals surface area (Å²) in [5.74, 6) is 0.537. The number of hydrogen-bond acceptors (Lipinski definition) is 5. The van der Waals surface area contributed by atoms with Crippen molar-refractivity contribution in [1.29, 1.82) is 0 Å². The molecule has 0 heterocycles. The van der Waals surface area contributed by atoms with E-state index in [9.17, 15) is 13.2 Å². The lowest BCUT2D eigenvalue weighted by Gasteiger charge is -2.13. The fourth-order valence-electron chi connectivity index (χ4n) is 2.31. The van der Waals surface area contributed by atoms with Gasteiger partial charge in [0.2, 0.25) is 0 Å². The Morgan fingerprint density at radius 2 is 1.96 bits per heavy atom. The molecule has 2 rings (SSSR count). The van der Waals surface area contributed by atoms with Crippen LogP contribution in [0.5, 0.6) is 11.5 Å². The standard InChI is InChI=1S/C18H20ClNO5S/c1-4-25-17-15(19)8-12(9-16(17)24-2)11-20-18(21)13-6-5-7-14(10-13)26(3,22)23/h5-10H,4,11H2,1-3H3,(H,20,21). The van der Waals surface area contributed by atoms with E-state index in [1.807, 2.05) is 6.92 Å². The van der Waals surface area contributed by atoms with Gasteiger partial charge in [-0.05, 0) is 42.8 Å². The second-order valence-electron chi connectivity index (χ2n) is 5.52. The zero-order valence-electron chi connectivity index (χ0n) is 14.7. The minimum Gasteiger partial charge on any atom is -0.493 e. The van der Waals surface area contributed by atoms with Crippen LogP contribution in [0.15, 0.2) is 41.3 Å². The molecule has 0 aliphatic rings. The molecular weight excluding hydrogens is 378 g/mol. The Bertz CT molecular complexity index is 912. The summed E-state index contributed by atoms with van der Waals surface area (Å²) >= 11 is 6.21. The molecule has 26 heavy (non-hydrogen) atoms. The molecule has 0 aliphatic heterocycles. The Hall–Kier alpha value is -2.25. The molecule has 6 nitrogen and oxygen atoms in total. The van der Waals surface area contributed by atoms with Crippen LogP contribution in [0.25, 0.3) is 0 Å². The van der Waals surface area contributed by atoms with Crippen LogP contribution < -0.4 is 14.8 Å². The first-order chi connectivity index (χ1) is 12.3. The Kier molecular flexibility index (Phi) is 6.50. The molecule has 0 unspecified atom stereocenters. The molecule has 0 atom stereocenters. The summed E-state index contributed by atoms with van der Waals surface area (Å²) in [6.07, 6.45) is 1.10. The number of sulfone groups is 1. The average Bonchev–Trinajstić information content (AvgIpc) is 2.61. The highest BCUT2D eigenvalue weighted by Crippen LogP contribution is 2.36. The highest BCUT2D eigenvalue weighted by molar-refractivity contribution is 7.90. The fourth-order valence-corrected chi connectivity index (χ4v) is 3.27. The normalized spacial score (nSPS) is 11.1. The fraction of sp³-hybridized carbons (Fsp3) is 0.278. The quantitative estimate of drug-likeness (QED) is 0.776. The van der Waals surface area contributed by atoms with E-state index < -0.39 is 9.84 Å². The monoisotopic (exact) mass is 397 g/mol. The molecular formula is C18H20ClNO5S. The maximum atomic E-state index is 12.3. The number of halogens is 1. The van der Waals surface area contributed by atoms with E-state index in [4.69, 9.17) is 21.1 Å². The summed E-state index contributed by atoms with van der Waals surface area (Å²) in [4.78, 5) is 12.4. The molecule has 0 saturated carbocycles. The van der Waals surface area contributed by atoms with Gasteiger partial charge in [-0.15, -0.1) is 0 Å². The van der Waals surface area contributed by atoms with Gasteiger partial charge in [0.1, 0.15) is 0 Å². The summed E-state index contributed by atoms with van der Waals surface area (Å²) < 4.78 is 33.9. The Balaban J connectivity index is 2.16. The number of ether oxygens (including phenoxy) is 2. The maximum Gasteiger partial charge on any atom is 0.251 e. The average molecular weight is 398 g/mol. The first kappa shape index (κ1) is 20.1. The second-order valence-corrected chi connectivity index (χ2v) is 7.95. The number of hydrogen-bond donors (Lipinski definition) is 1. The van der Waals surface area contributed by atoms with E-state index in [0.29, 0.717) is 23.1 Å². The summed E-state index contributed by atoms with van der Waals surface area (Å²) in [7, 11) is -1.87. The maximum absolute atomic E-state index is 12.3. The molecule has 0 spiro atoms. The smallest absolute Gasteiger partial charge is 0.251 e. The number of methoxy groups -OCH3 is 1. The third-order valence-corrected chi connectivity index (χ3v) is 4.95. The largest absolute Gasteiger partial charge is 0.493 e. The summed E-state index contributed by atoms with van der Waals surface area (Å²) in [6.45, 7) is 2.49. The molecule has 2 aromatic carbocycles. The van der Waals surface area contributed by atoms with Gasteiger partial charge in [0.05, 0.1) is 23.6 Å². The zero-order chi connectivity index (χ0) is 19.3. The van der Waals surface area contributed by atoms with E-state index in [1.165, 1.54) is 25.3 Å². The van der Waals surface area contributed by atoms with Gasteiger partial charge < -0.3 is 14.8 Å². The minimum absolute atomic E-state index is 0.0935. The molecule has 0 bridgehead atoms. The SMILES string of the molecule is CCOc1c(Cl)cc(CNC(=O)c2cccc(S(C)(=O)=O)c2)cc1OC. The number of carbonyl (C=O) groups excluding carboxylic acids is 1. The van der Waals surface area contributed by atoms with Gasteiger partial charge in [-0.3, -0.25) is 4.79 Å². The topological polar surface area (TPSA) is 81.7 Å². The van der Waals surface area contributed by atoms with Crippen molar-refractivity contribution in [3.63, 3.8) is 0 Å². The number of nitrogens with one attached hydrogen (secondary N) is 1. The Morgan fingerprint density at radius 1 is 1.23 bits per heavy atom. The van der Waals surface area contributed by atoms with Crippen molar-refractivity contribution >= 4 is 27.3 Å². The van der Waals surface area contributed by atoms with E-state index >= 15 is 0 Å². The van der Waals surface area contributed by atoms with Crippen molar-refractivity contribution in [1.82, 2.24) is 5.32 Å². The van der Waals surface area contributed by atoms with Crippen LogP contribution in [0, 0.1) is 0 Å². The molecule has 1 N–H and O–H groups in total. The van der Waals surface area contributed by atoms with Crippen molar-refractivity contribution in [2.45, 2.75) is 18.4 Å². The summed E-state index contributed by atoms with van der Waals surface area (Å²) in [5.41, 5.74) is 0.986. The van der Waals surface area contributed by atoms with Crippen LogP contribution in [0.1, 0.15) is 22.8 Å². The number of carbonyl (C=O) groups is 1. The van der Waals surface area contributed by atoms with Gasteiger partial charge in [0.25, 0.3) is 5.91 Å². The van der Waals surface area contributed by atoms with Crippen molar-refractivity contribution in [3.05, 3.63) is 52.5 Å². The van der Waals surface area contributed by atoms with Crippen LogP contribution in [-0.4, -0.2) is 34.3 Å². The Morgan fingerprint density at radius 3 is 2.58 bits per heavy atom. The Labute approximate surface area is 158 Å². The third-order valence-electron chi connectivity index (χ3n) is 3.56. The highest BCUT2D eigenvalue weighted by Gasteiger charge is 2.14. The van der Waals surface area contributed by atoms with Gasteiger partial charge in [0, 0.05) is 18.4 Å². The zero-order valence-corrected chi connectivity index (χ0v) is 16.3. The molecule has 0 aromatic heterocycles. The van der Waals surface area contributed by atoms with E-state index in [1.54, 1.807) is 18.2 Å². The molecule has 0 fully saturated rings. The molecule has 0 saturated heterocycles. The predicted molar refractivity (Wildman–Crippen MR) is 99.9 cm³/mol. The van der Waals surface area contributed by atoms with Gasteiger partial charge in [0.15, 0.2) is 21.3 Å². The molecule has 1 amide bonds. The van der Waals surface area contributed by atoms with Gasteiger partial charge in [-0.2, -0.15) is 0 Å². The molecule has 8 heteroatoms. The molecule has 0 radical (unpaired) electrons. The van der Waals surface area contributed by atoms with E-state index in [0.717, 1.165) is 11.8 Å². The van der Waals surface area contributed by atoms with Crippen LogP contribution in [0.2, 0.25) is 5.02 Å². The molecule has 2 aromatic rings. The number of rotatable bonds is 7.